The van der Waals surface area contributed by atoms with Gasteiger partial charge in [0.2, 0.25) is 5.91 Å². The van der Waals surface area contributed by atoms with E-state index in [2.05, 4.69) is 35.3 Å². The molecule has 0 unspecified atom stereocenters. The Bertz CT molecular complexity index is 917. The van der Waals surface area contributed by atoms with Crippen molar-refractivity contribution in [2.75, 3.05) is 18.0 Å². The normalized spacial score (nSPS) is 14.1. The number of anilines is 1. The Kier molecular flexibility index (Phi) is 4.84. The highest BCUT2D eigenvalue weighted by Crippen LogP contribution is 2.28. The van der Waals surface area contributed by atoms with Crippen LogP contribution < -0.4 is 10.2 Å². The number of thiophene rings is 1. The molecule has 1 saturated heterocycles. The molecular weight excluding hydrogens is 344 g/mol. The van der Waals surface area contributed by atoms with Crippen molar-refractivity contribution in [3.05, 3.63) is 52.0 Å². The van der Waals surface area contributed by atoms with E-state index in [1.807, 2.05) is 16.8 Å². The van der Waals surface area contributed by atoms with E-state index in [4.69, 9.17) is 9.97 Å². The lowest BCUT2D eigenvalue weighted by molar-refractivity contribution is -0.120. The van der Waals surface area contributed by atoms with Crippen molar-refractivity contribution in [3.63, 3.8) is 0 Å². The van der Waals surface area contributed by atoms with Gasteiger partial charge in [0, 0.05) is 18.5 Å². The Labute approximate surface area is 157 Å². The number of nitrogens with one attached hydrogen (secondary N) is 1. The van der Waals surface area contributed by atoms with Crippen molar-refractivity contribution in [2.45, 2.75) is 32.7 Å². The van der Waals surface area contributed by atoms with Gasteiger partial charge >= 0.3 is 0 Å². The summed E-state index contributed by atoms with van der Waals surface area (Å²) in [6.45, 7) is 4.49. The number of aryl methyl sites for hydroxylation is 1. The SMILES string of the molecule is Cc1cccc2c(N3CCCC3)nc(CNC(=O)Cc3ccsc3)nc12. The molecule has 134 valence electrons. The molecule has 2 aromatic heterocycles. The van der Waals surface area contributed by atoms with Crippen LogP contribution in [0.5, 0.6) is 0 Å². The van der Waals surface area contributed by atoms with Crippen LogP contribution in [-0.4, -0.2) is 29.0 Å². The topological polar surface area (TPSA) is 58.1 Å². The lowest BCUT2D eigenvalue weighted by Gasteiger charge is -2.20. The van der Waals surface area contributed by atoms with Gasteiger partial charge in [-0.2, -0.15) is 11.3 Å². The van der Waals surface area contributed by atoms with Gasteiger partial charge in [-0.15, -0.1) is 0 Å². The maximum Gasteiger partial charge on any atom is 0.224 e. The van der Waals surface area contributed by atoms with Gasteiger partial charge in [-0.1, -0.05) is 12.1 Å². The van der Waals surface area contributed by atoms with Crippen molar-refractivity contribution in [1.29, 1.82) is 0 Å². The van der Waals surface area contributed by atoms with Crippen molar-refractivity contribution >= 4 is 34.0 Å². The van der Waals surface area contributed by atoms with Crippen LogP contribution in [0, 0.1) is 6.92 Å². The molecule has 1 aliphatic rings. The number of benzene rings is 1. The highest BCUT2D eigenvalue weighted by atomic mass is 32.1. The number of carbonyl (C=O) groups is 1. The van der Waals surface area contributed by atoms with Crippen LogP contribution >= 0.6 is 11.3 Å². The molecule has 6 heteroatoms. The van der Waals surface area contributed by atoms with Crippen molar-refractivity contribution in [3.8, 4) is 0 Å². The zero-order valence-corrected chi connectivity index (χ0v) is 15.7. The predicted octanol–water partition coefficient (Wildman–Crippen LogP) is 3.46. The first kappa shape index (κ1) is 17.0. The van der Waals surface area contributed by atoms with Gasteiger partial charge in [0.1, 0.15) is 5.82 Å². The van der Waals surface area contributed by atoms with Crippen molar-refractivity contribution in [2.24, 2.45) is 0 Å². The minimum atomic E-state index is -0.000368. The Morgan fingerprint density at radius 3 is 2.85 bits per heavy atom. The van der Waals surface area contributed by atoms with Gasteiger partial charge in [0.15, 0.2) is 5.82 Å². The Morgan fingerprint density at radius 1 is 1.23 bits per heavy atom. The van der Waals surface area contributed by atoms with Crippen molar-refractivity contribution in [1.82, 2.24) is 15.3 Å². The summed E-state index contributed by atoms with van der Waals surface area (Å²) in [5.41, 5.74) is 3.16. The lowest BCUT2D eigenvalue weighted by atomic mass is 10.1. The molecule has 0 spiro atoms. The summed E-state index contributed by atoms with van der Waals surface area (Å²) in [7, 11) is 0. The average molecular weight is 366 g/mol. The minimum absolute atomic E-state index is 0.000368. The summed E-state index contributed by atoms with van der Waals surface area (Å²) in [6.07, 6.45) is 2.79. The number of nitrogens with zero attached hydrogens (tertiary/aromatic N) is 3. The number of para-hydroxylation sites is 1. The molecule has 1 aliphatic heterocycles. The van der Waals surface area contributed by atoms with Gasteiger partial charge in [-0.05, 0) is 53.8 Å². The Hall–Kier alpha value is -2.47. The maximum absolute atomic E-state index is 12.2. The van der Waals surface area contributed by atoms with Crippen LogP contribution in [-0.2, 0) is 17.8 Å². The first-order valence-corrected chi connectivity index (χ1v) is 9.94. The summed E-state index contributed by atoms with van der Waals surface area (Å²) in [5, 5.41) is 8.05. The van der Waals surface area contributed by atoms with Gasteiger partial charge in [0.25, 0.3) is 0 Å². The van der Waals surface area contributed by atoms with E-state index in [1.165, 1.54) is 12.8 Å². The third-order valence-corrected chi connectivity index (χ3v) is 5.48. The second kappa shape index (κ2) is 7.41. The molecule has 0 aliphatic carbocycles. The Balaban J connectivity index is 1.58. The van der Waals surface area contributed by atoms with Gasteiger partial charge < -0.3 is 10.2 Å². The second-order valence-electron chi connectivity index (χ2n) is 6.71. The fourth-order valence-electron chi connectivity index (χ4n) is 3.39. The number of fused-ring (bicyclic) bond motifs is 1. The molecule has 0 bridgehead atoms. The number of amides is 1. The smallest absolute Gasteiger partial charge is 0.224 e. The third kappa shape index (κ3) is 3.55. The van der Waals surface area contributed by atoms with Gasteiger partial charge in [0.05, 0.1) is 18.5 Å². The molecule has 1 fully saturated rings. The molecule has 1 N–H and O–H groups in total. The number of hydrogen-bond donors (Lipinski definition) is 1. The molecule has 0 saturated carbocycles. The van der Waals surface area contributed by atoms with Crippen molar-refractivity contribution < 1.29 is 4.79 Å². The van der Waals surface area contributed by atoms with E-state index in [0.717, 1.165) is 40.9 Å². The predicted molar refractivity (Wildman–Crippen MR) is 106 cm³/mol. The average Bonchev–Trinajstić information content (AvgIpc) is 3.34. The zero-order valence-electron chi connectivity index (χ0n) is 14.9. The molecule has 26 heavy (non-hydrogen) atoms. The lowest BCUT2D eigenvalue weighted by Crippen LogP contribution is -2.26. The Morgan fingerprint density at radius 2 is 2.08 bits per heavy atom. The van der Waals surface area contributed by atoms with Gasteiger partial charge in [-0.3, -0.25) is 4.79 Å². The van der Waals surface area contributed by atoms with E-state index in [9.17, 15) is 4.79 Å². The molecule has 0 atom stereocenters. The summed E-state index contributed by atoms with van der Waals surface area (Å²) < 4.78 is 0. The number of hydrogen-bond acceptors (Lipinski definition) is 5. The largest absolute Gasteiger partial charge is 0.356 e. The van der Waals surface area contributed by atoms with E-state index in [-0.39, 0.29) is 5.91 Å². The monoisotopic (exact) mass is 366 g/mol. The maximum atomic E-state index is 12.2. The number of carbonyl (C=O) groups excluding carboxylic acids is 1. The summed E-state index contributed by atoms with van der Waals surface area (Å²) in [4.78, 5) is 24.0. The zero-order chi connectivity index (χ0) is 17.9. The van der Waals surface area contributed by atoms with Gasteiger partial charge in [-0.25, -0.2) is 9.97 Å². The molecule has 3 heterocycles. The van der Waals surface area contributed by atoms with Crippen LogP contribution in [0.25, 0.3) is 10.9 Å². The molecule has 3 aromatic rings. The number of rotatable bonds is 5. The molecule has 1 aromatic carbocycles. The standard InChI is InChI=1S/C20H22N4OS/c1-14-5-4-6-16-19(14)22-17(23-20(16)24-8-2-3-9-24)12-21-18(25)11-15-7-10-26-13-15/h4-7,10,13H,2-3,8-9,11-12H2,1H3,(H,21,25). The van der Waals surface area contributed by atoms with Crippen LogP contribution in [0.3, 0.4) is 0 Å². The molecule has 1 amide bonds. The fraction of sp³-hybridized carbons (Fsp3) is 0.350. The van der Waals surface area contributed by atoms with E-state index in [0.29, 0.717) is 18.8 Å². The first-order valence-electron chi connectivity index (χ1n) is 8.99. The second-order valence-corrected chi connectivity index (χ2v) is 7.49. The summed E-state index contributed by atoms with van der Waals surface area (Å²) >= 11 is 1.60. The summed E-state index contributed by atoms with van der Waals surface area (Å²) in [6, 6.07) is 8.20. The van der Waals surface area contributed by atoms with Crippen LogP contribution in [0.15, 0.2) is 35.0 Å². The molecule has 4 rings (SSSR count). The molecule has 5 nitrogen and oxygen atoms in total. The minimum Gasteiger partial charge on any atom is -0.356 e. The molecule has 0 radical (unpaired) electrons. The number of aromatic nitrogens is 2. The van der Waals surface area contributed by atoms with Crippen LogP contribution in [0.2, 0.25) is 0 Å². The quantitative estimate of drug-likeness (QED) is 0.751. The van der Waals surface area contributed by atoms with Crippen LogP contribution in [0.4, 0.5) is 5.82 Å². The molecular formula is C20H22N4OS. The third-order valence-electron chi connectivity index (χ3n) is 4.75. The fourth-order valence-corrected chi connectivity index (χ4v) is 4.06. The van der Waals surface area contributed by atoms with E-state index in [1.54, 1.807) is 11.3 Å². The highest BCUT2D eigenvalue weighted by molar-refractivity contribution is 7.08. The van der Waals surface area contributed by atoms with Crippen LogP contribution in [0.1, 0.15) is 29.8 Å². The summed E-state index contributed by atoms with van der Waals surface area (Å²) in [5.74, 6) is 1.67. The van der Waals surface area contributed by atoms with E-state index >= 15 is 0 Å². The van der Waals surface area contributed by atoms with E-state index < -0.39 is 0 Å². The highest BCUT2D eigenvalue weighted by Gasteiger charge is 2.19. The first-order chi connectivity index (χ1) is 12.7.